The molecular formula is C18H19ClN2O. The third-order valence-electron chi connectivity index (χ3n) is 4.45. The molecule has 3 rings (SSSR count). The lowest BCUT2D eigenvalue weighted by Gasteiger charge is -2.28. The minimum atomic E-state index is -0.425. The summed E-state index contributed by atoms with van der Waals surface area (Å²) in [5, 5.41) is 3.43. The van der Waals surface area contributed by atoms with Crippen LogP contribution in [0.1, 0.15) is 36.8 Å². The van der Waals surface area contributed by atoms with Gasteiger partial charge in [-0.2, -0.15) is 0 Å². The minimum Gasteiger partial charge on any atom is -0.324 e. The van der Waals surface area contributed by atoms with Crippen LogP contribution < -0.4 is 5.32 Å². The number of aryl methyl sites for hydroxylation is 1. The molecule has 1 aliphatic carbocycles. The summed E-state index contributed by atoms with van der Waals surface area (Å²) in [5.74, 6) is 0.0553. The third kappa shape index (κ3) is 2.86. The molecular weight excluding hydrogens is 296 g/mol. The van der Waals surface area contributed by atoms with Crippen molar-refractivity contribution in [2.24, 2.45) is 0 Å². The van der Waals surface area contributed by atoms with E-state index in [9.17, 15) is 4.79 Å². The van der Waals surface area contributed by atoms with Crippen molar-refractivity contribution in [1.82, 2.24) is 4.98 Å². The Kier molecular flexibility index (Phi) is 4.16. The second-order valence-corrected chi connectivity index (χ2v) is 6.37. The summed E-state index contributed by atoms with van der Waals surface area (Å²) >= 11 is 5.79. The van der Waals surface area contributed by atoms with E-state index in [2.05, 4.69) is 35.4 Å². The van der Waals surface area contributed by atoms with Crippen LogP contribution in [0.5, 0.6) is 0 Å². The molecule has 1 aromatic heterocycles. The first-order chi connectivity index (χ1) is 10.6. The first kappa shape index (κ1) is 15.0. The lowest BCUT2D eigenvalue weighted by Crippen LogP contribution is -2.38. The van der Waals surface area contributed by atoms with Crippen LogP contribution >= 0.6 is 11.6 Å². The summed E-state index contributed by atoms with van der Waals surface area (Å²) < 4.78 is 0. The van der Waals surface area contributed by atoms with Crippen LogP contribution in [0.25, 0.3) is 0 Å². The molecule has 0 atom stereocenters. The fourth-order valence-electron chi connectivity index (χ4n) is 3.27. The molecule has 1 saturated carbocycles. The standard InChI is InChI=1S/C18H19ClN2O/c1-13-5-4-6-14(11-13)18(9-2-3-10-18)17(22)21-15-7-8-16(19)20-12-15/h4-8,11-12H,2-3,9-10H2,1H3,(H,21,22). The van der Waals surface area contributed by atoms with E-state index in [4.69, 9.17) is 11.6 Å². The van der Waals surface area contributed by atoms with Gasteiger partial charge in [-0.25, -0.2) is 4.98 Å². The Balaban J connectivity index is 1.90. The summed E-state index contributed by atoms with van der Waals surface area (Å²) in [4.78, 5) is 17.0. The van der Waals surface area contributed by atoms with Crippen molar-refractivity contribution in [2.75, 3.05) is 5.32 Å². The third-order valence-corrected chi connectivity index (χ3v) is 4.67. The molecule has 0 radical (unpaired) electrons. The summed E-state index contributed by atoms with van der Waals surface area (Å²) in [6.45, 7) is 2.06. The second kappa shape index (κ2) is 6.09. The van der Waals surface area contributed by atoms with E-state index in [0.717, 1.165) is 31.2 Å². The van der Waals surface area contributed by atoms with Crippen molar-refractivity contribution in [3.8, 4) is 0 Å². The summed E-state index contributed by atoms with van der Waals surface area (Å²) in [6.07, 6.45) is 5.55. The van der Waals surface area contributed by atoms with Gasteiger partial charge < -0.3 is 5.32 Å². The quantitative estimate of drug-likeness (QED) is 0.848. The number of anilines is 1. The molecule has 0 spiro atoms. The van der Waals surface area contributed by atoms with Crippen LogP contribution in [-0.4, -0.2) is 10.9 Å². The van der Waals surface area contributed by atoms with Gasteiger partial charge in [0.25, 0.3) is 0 Å². The topological polar surface area (TPSA) is 42.0 Å². The minimum absolute atomic E-state index is 0.0553. The molecule has 3 nitrogen and oxygen atoms in total. The summed E-state index contributed by atoms with van der Waals surface area (Å²) in [7, 11) is 0. The van der Waals surface area contributed by atoms with Gasteiger partial charge in [0.2, 0.25) is 5.91 Å². The highest BCUT2D eigenvalue weighted by molar-refractivity contribution is 6.29. The van der Waals surface area contributed by atoms with Crippen LogP contribution in [0.2, 0.25) is 5.15 Å². The van der Waals surface area contributed by atoms with Crippen molar-refractivity contribution < 1.29 is 4.79 Å². The molecule has 22 heavy (non-hydrogen) atoms. The number of halogens is 1. The monoisotopic (exact) mass is 314 g/mol. The van der Waals surface area contributed by atoms with Crippen LogP contribution in [-0.2, 0) is 10.2 Å². The Hall–Kier alpha value is -1.87. The van der Waals surface area contributed by atoms with Gasteiger partial charge in [0.15, 0.2) is 0 Å². The molecule has 2 aromatic rings. The number of pyridine rings is 1. The van der Waals surface area contributed by atoms with E-state index in [1.54, 1.807) is 18.3 Å². The van der Waals surface area contributed by atoms with E-state index >= 15 is 0 Å². The van der Waals surface area contributed by atoms with Gasteiger partial charge in [0, 0.05) is 0 Å². The molecule has 0 unspecified atom stereocenters. The highest BCUT2D eigenvalue weighted by Gasteiger charge is 2.42. The summed E-state index contributed by atoms with van der Waals surface area (Å²) in [6, 6.07) is 11.8. The smallest absolute Gasteiger partial charge is 0.235 e. The number of hydrogen-bond acceptors (Lipinski definition) is 2. The Bertz CT molecular complexity index is 676. The number of nitrogens with zero attached hydrogens (tertiary/aromatic N) is 1. The number of carbonyl (C=O) groups is 1. The fraction of sp³-hybridized carbons (Fsp3) is 0.333. The van der Waals surface area contributed by atoms with Gasteiger partial charge in [0.05, 0.1) is 17.3 Å². The maximum atomic E-state index is 13.0. The molecule has 0 saturated heterocycles. The van der Waals surface area contributed by atoms with Crippen molar-refractivity contribution in [3.63, 3.8) is 0 Å². The predicted octanol–water partition coefficient (Wildman–Crippen LogP) is 4.49. The lowest BCUT2D eigenvalue weighted by atomic mass is 9.77. The molecule has 1 N–H and O–H groups in total. The van der Waals surface area contributed by atoms with Gasteiger partial charge in [-0.05, 0) is 37.5 Å². The number of amides is 1. The molecule has 1 amide bonds. The zero-order valence-electron chi connectivity index (χ0n) is 12.6. The normalized spacial score (nSPS) is 16.5. The van der Waals surface area contributed by atoms with Gasteiger partial charge in [-0.3, -0.25) is 4.79 Å². The highest BCUT2D eigenvalue weighted by atomic mass is 35.5. The molecule has 1 fully saturated rings. The van der Waals surface area contributed by atoms with Crippen molar-refractivity contribution in [1.29, 1.82) is 0 Å². The van der Waals surface area contributed by atoms with Gasteiger partial charge >= 0.3 is 0 Å². The van der Waals surface area contributed by atoms with Crippen LogP contribution in [0.4, 0.5) is 5.69 Å². The molecule has 0 bridgehead atoms. The SMILES string of the molecule is Cc1cccc(C2(C(=O)Nc3ccc(Cl)nc3)CCCC2)c1. The van der Waals surface area contributed by atoms with Crippen LogP contribution in [0.15, 0.2) is 42.6 Å². The maximum Gasteiger partial charge on any atom is 0.235 e. The van der Waals surface area contributed by atoms with E-state index in [0.29, 0.717) is 10.8 Å². The number of aromatic nitrogens is 1. The molecule has 4 heteroatoms. The van der Waals surface area contributed by atoms with Crippen molar-refractivity contribution in [3.05, 3.63) is 58.9 Å². The zero-order chi connectivity index (χ0) is 15.6. The van der Waals surface area contributed by atoms with Gasteiger partial charge in [-0.1, -0.05) is 54.3 Å². The van der Waals surface area contributed by atoms with E-state index in [1.165, 1.54) is 5.56 Å². The Labute approximate surface area is 135 Å². The Morgan fingerprint density at radius 1 is 1.23 bits per heavy atom. The van der Waals surface area contributed by atoms with E-state index in [1.807, 2.05) is 6.07 Å². The molecule has 1 heterocycles. The van der Waals surface area contributed by atoms with Crippen LogP contribution in [0, 0.1) is 6.92 Å². The largest absolute Gasteiger partial charge is 0.324 e. The highest BCUT2D eigenvalue weighted by Crippen LogP contribution is 2.42. The van der Waals surface area contributed by atoms with Crippen molar-refractivity contribution >= 4 is 23.2 Å². The average Bonchev–Trinajstić information content (AvgIpc) is 3.00. The first-order valence-electron chi connectivity index (χ1n) is 7.60. The van der Waals surface area contributed by atoms with Crippen molar-refractivity contribution in [2.45, 2.75) is 38.0 Å². The maximum absolute atomic E-state index is 13.0. The van der Waals surface area contributed by atoms with Gasteiger partial charge in [-0.15, -0.1) is 0 Å². The number of nitrogens with one attached hydrogen (secondary N) is 1. The number of carbonyl (C=O) groups excluding carboxylic acids is 1. The molecule has 114 valence electrons. The molecule has 1 aliphatic rings. The number of benzene rings is 1. The number of hydrogen-bond donors (Lipinski definition) is 1. The predicted molar refractivity (Wildman–Crippen MR) is 89.2 cm³/mol. The average molecular weight is 315 g/mol. The summed E-state index contributed by atoms with van der Waals surface area (Å²) in [5.41, 5.74) is 2.56. The Morgan fingerprint density at radius 3 is 2.64 bits per heavy atom. The Morgan fingerprint density at radius 2 is 2.00 bits per heavy atom. The van der Waals surface area contributed by atoms with Crippen LogP contribution in [0.3, 0.4) is 0 Å². The fourth-order valence-corrected chi connectivity index (χ4v) is 3.38. The lowest BCUT2D eigenvalue weighted by molar-refractivity contribution is -0.121. The molecule has 1 aromatic carbocycles. The zero-order valence-corrected chi connectivity index (χ0v) is 13.4. The second-order valence-electron chi connectivity index (χ2n) is 5.98. The van der Waals surface area contributed by atoms with E-state index in [-0.39, 0.29) is 5.91 Å². The first-order valence-corrected chi connectivity index (χ1v) is 7.98. The van der Waals surface area contributed by atoms with Gasteiger partial charge in [0.1, 0.15) is 5.15 Å². The number of rotatable bonds is 3. The van der Waals surface area contributed by atoms with E-state index < -0.39 is 5.41 Å². The molecule has 0 aliphatic heterocycles.